The van der Waals surface area contributed by atoms with Crippen molar-refractivity contribution in [1.29, 1.82) is 0 Å². The molecule has 2 aliphatic rings. The summed E-state index contributed by atoms with van der Waals surface area (Å²) in [6, 6.07) is 0. The zero-order chi connectivity index (χ0) is 10.2. The minimum absolute atomic E-state index is 0.137. The largest absolute Gasteiger partial charge is 0.396 e. The second kappa shape index (κ2) is 3.49. The minimum atomic E-state index is -0.558. The van der Waals surface area contributed by atoms with Crippen LogP contribution in [0, 0.1) is 11.3 Å². The highest BCUT2D eigenvalue weighted by atomic mass is 16.3. The number of aliphatic hydroxyl groups excluding tert-OH is 1. The van der Waals surface area contributed by atoms with Crippen LogP contribution in [-0.2, 0) is 0 Å². The Morgan fingerprint density at radius 2 is 1.93 bits per heavy atom. The highest BCUT2D eigenvalue weighted by Gasteiger charge is 2.54. The van der Waals surface area contributed by atoms with Crippen molar-refractivity contribution in [3.05, 3.63) is 0 Å². The van der Waals surface area contributed by atoms with Crippen LogP contribution in [0.5, 0.6) is 0 Å². The van der Waals surface area contributed by atoms with Crippen molar-refractivity contribution in [1.82, 2.24) is 0 Å². The fourth-order valence-corrected chi connectivity index (χ4v) is 3.38. The van der Waals surface area contributed by atoms with E-state index in [0.29, 0.717) is 5.92 Å². The summed E-state index contributed by atoms with van der Waals surface area (Å²) in [7, 11) is 0. The van der Waals surface area contributed by atoms with E-state index >= 15 is 0 Å². The third-order valence-electron chi connectivity index (χ3n) is 4.57. The molecule has 0 aromatic heterocycles. The number of hydrogen-bond acceptors (Lipinski definition) is 2. The number of aliphatic hydroxyl groups is 2. The van der Waals surface area contributed by atoms with Gasteiger partial charge in [0.05, 0.1) is 12.2 Å². The Morgan fingerprint density at radius 1 is 1.21 bits per heavy atom. The van der Waals surface area contributed by atoms with Gasteiger partial charge in [-0.15, -0.1) is 0 Å². The maximum atomic E-state index is 10.7. The Morgan fingerprint density at radius 3 is 2.36 bits per heavy atom. The summed E-state index contributed by atoms with van der Waals surface area (Å²) in [5.74, 6) is 0.623. The average Bonchev–Trinajstić information content (AvgIpc) is 2.01. The molecule has 2 heteroatoms. The second-order valence-corrected chi connectivity index (χ2v) is 5.53. The van der Waals surface area contributed by atoms with E-state index in [1.807, 2.05) is 0 Å². The van der Waals surface area contributed by atoms with Gasteiger partial charge in [0.25, 0.3) is 0 Å². The van der Waals surface area contributed by atoms with Gasteiger partial charge in [0.2, 0.25) is 0 Å². The molecule has 0 aromatic carbocycles. The van der Waals surface area contributed by atoms with Gasteiger partial charge in [-0.25, -0.2) is 0 Å². The third-order valence-corrected chi connectivity index (χ3v) is 4.57. The summed E-state index contributed by atoms with van der Waals surface area (Å²) in [6.45, 7) is 2.39. The van der Waals surface area contributed by atoms with E-state index in [-0.39, 0.29) is 12.0 Å². The Bertz CT molecular complexity index is 205. The molecule has 2 aliphatic carbocycles. The fourth-order valence-electron chi connectivity index (χ4n) is 3.38. The van der Waals surface area contributed by atoms with E-state index in [1.54, 1.807) is 0 Å². The van der Waals surface area contributed by atoms with Crippen molar-refractivity contribution in [3.8, 4) is 0 Å². The van der Waals surface area contributed by atoms with Crippen molar-refractivity contribution in [2.75, 3.05) is 6.61 Å². The van der Waals surface area contributed by atoms with Crippen LogP contribution in [0.2, 0.25) is 0 Å². The first-order valence-corrected chi connectivity index (χ1v) is 5.95. The standard InChI is InChI=1S/C12H22O2/c1-10-4-2-7-12(14,8-10)11(9-13)5-3-6-11/h10,13-14H,2-9H2,1H3. The molecule has 2 rings (SSSR count). The highest BCUT2D eigenvalue weighted by Crippen LogP contribution is 2.54. The molecule has 14 heavy (non-hydrogen) atoms. The lowest BCUT2D eigenvalue weighted by Gasteiger charge is -2.55. The van der Waals surface area contributed by atoms with Gasteiger partial charge in [-0.3, -0.25) is 0 Å². The predicted molar refractivity (Wildman–Crippen MR) is 56.0 cm³/mol. The Labute approximate surface area is 86.3 Å². The second-order valence-electron chi connectivity index (χ2n) is 5.53. The monoisotopic (exact) mass is 198 g/mol. The normalized spacial score (nSPS) is 41.8. The molecule has 2 atom stereocenters. The molecule has 0 spiro atoms. The van der Waals surface area contributed by atoms with Crippen LogP contribution in [0.1, 0.15) is 51.9 Å². The molecule has 0 amide bonds. The van der Waals surface area contributed by atoms with E-state index in [0.717, 1.165) is 32.1 Å². The molecule has 2 saturated carbocycles. The van der Waals surface area contributed by atoms with E-state index in [9.17, 15) is 10.2 Å². The van der Waals surface area contributed by atoms with Gasteiger partial charge >= 0.3 is 0 Å². The first-order valence-electron chi connectivity index (χ1n) is 5.95. The summed E-state index contributed by atoms with van der Waals surface area (Å²) < 4.78 is 0. The summed E-state index contributed by atoms with van der Waals surface area (Å²) >= 11 is 0. The predicted octanol–water partition coefficient (Wildman–Crippen LogP) is 2.09. The van der Waals surface area contributed by atoms with Gasteiger partial charge in [-0.2, -0.15) is 0 Å². The zero-order valence-electron chi connectivity index (χ0n) is 9.13. The molecule has 0 heterocycles. The summed E-state index contributed by atoms with van der Waals surface area (Å²) in [5.41, 5.74) is -0.695. The molecule has 0 aliphatic heterocycles. The van der Waals surface area contributed by atoms with Crippen LogP contribution in [0.3, 0.4) is 0 Å². The number of hydrogen-bond donors (Lipinski definition) is 2. The molecular weight excluding hydrogens is 176 g/mol. The van der Waals surface area contributed by atoms with Crippen LogP contribution in [0.15, 0.2) is 0 Å². The van der Waals surface area contributed by atoms with Crippen molar-refractivity contribution in [2.45, 2.75) is 57.5 Å². The van der Waals surface area contributed by atoms with Crippen molar-refractivity contribution in [2.24, 2.45) is 11.3 Å². The van der Waals surface area contributed by atoms with Gasteiger partial charge in [0.1, 0.15) is 0 Å². The van der Waals surface area contributed by atoms with Gasteiger partial charge < -0.3 is 10.2 Å². The Balaban J connectivity index is 2.12. The van der Waals surface area contributed by atoms with E-state index in [2.05, 4.69) is 6.92 Å². The number of rotatable bonds is 2. The SMILES string of the molecule is CC1CCCC(O)(C2(CO)CCC2)C1. The summed E-state index contributed by atoms with van der Waals surface area (Å²) in [6.07, 6.45) is 7.38. The lowest BCUT2D eigenvalue weighted by atomic mass is 9.54. The van der Waals surface area contributed by atoms with Crippen molar-refractivity contribution < 1.29 is 10.2 Å². The van der Waals surface area contributed by atoms with Gasteiger partial charge in [0, 0.05) is 5.41 Å². The van der Waals surface area contributed by atoms with Crippen molar-refractivity contribution in [3.63, 3.8) is 0 Å². The maximum Gasteiger partial charge on any atom is 0.0728 e. The van der Waals surface area contributed by atoms with Gasteiger partial charge in [0.15, 0.2) is 0 Å². The van der Waals surface area contributed by atoms with Crippen LogP contribution in [-0.4, -0.2) is 22.4 Å². The van der Waals surface area contributed by atoms with E-state index < -0.39 is 5.60 Å². The summed E-state index contributed by atoms with van der Waals surface area (Å²) in [4.78, 5) is 0. The minimum Gasteiger partial charge on any atom is -0.396 e. The van der Waals surface area contributed by atoms with E-state index in [1.165, 1.54) is 12.8 Å². The molecule has 0 bridgehead atoms. The van der Waals surface area contributed by atoms with Gasteiger partial charge in [-0.1, -0.05) is 26.2 Å². The molecule has 2 N–H and O–H groups in total. The van der Waals surface area contributed by atoms with Gasteiger partial charge in [-0.05, 0) is 31.6 Å². The van der Waals surface area contributed by atoms with Crippen molar-refractivity contribution >= 4 is 0 Å². The smallest absolute Gasteiger partial charge is 0.0728 e. The van der Waals surface area contributed by atoms with Crippen LogP contribution in [0.25, 0.3) is 0 Å². The lowest BCUT2D eigenvalue weighted by molar-refractivity contribution is -0.174. The molecular formula is C12H22O2. The van der Waals surface area contributed by atoms with Crippen LogP contribution in [0.4, 0.5) is 0 Å². The Hall–Kier alpha value is -0.0800. The lowest BCUT2D eigenvalue weighted by Crippen LogP contribution is -2.56. The average molecular weight is 198 g/mol. The third kappa shape index (κ3) is 1.40. The topological polar surface area (TPSA) is 40.5 Å². The van der Waals surface area contributed by atoms with Crippen LogP contribution < -0.4 is 0 Å². The van der Waals surface area contributed by atoms with Crippen LogP contribution >= 0.6 is 0 Å². The zero-order valence-corrected chi connectivity index (χ0v) is 9.13. The molecule has 2 unspecified atom stereocenters. The molecule has 0 aromatic rings. The first kappa shape index (κ1) is 10.4. The fraction of sp³-hybridized carbons (Fsp3) is 1.00. The quantitative estimate of drug-likeness (QED) is 0.713. The Kier molecular flexibility index (Phi) is 2.61. The molecule has 82 valence electrons. The maximum absolute atomic E-state index is 10.7. The van der Waals surface area contributed by atoms with E-state index in [4.69, 9.17) is 0 Å². The summed E-state index contributed by atoms with van der Waals surface area (Å²) in [5, 5.41) is 20.1. The molecule has 0 radical (unpaired) electrons. The highest BCUT2D eigenvalue weighted by molar-refractivity contribution is 5.05. The molecule has 2 nitrogen and oxygen atoms in total. The first-order chi connectivity index (χ1) is 6.62. The molecule has 0 saturated heterocycles. The molecule has 2 fully saturated rings.